The Kier molecular flexibility index (Phi) is 9.13. The fraction of sp³-hybridized carbons (Fsp3) is 0.152. The molecule has 236 valence electrons. The summed E-state index contributed by atoms with van der Waals surface area (Å²) >= 11 is 6.85. The molecule has 0 amide bonds. The zero-order chi connectivity index (χ0) is 32.3. The number of nitrogens with one attached hydrogen (secondary N) is 2. The predicted molar refractivity (Wildman–Crippen MR) is 178 cm³/mol. The van der Waals surface area contributed by atoms with Gasteiger partial charge in [0.1, 0.15) is 29.7 Å². The number of aromatic nitrogens is 3. The van der Waals surface area contributed by atoms with E-state index in [0.29, 0.717) is 40.0 Å². The molecule has 46 heavy (non-hydrogen) atoms. The first-order valence-corrected chi connectivity index (χ1v) is 16.9. The number of hydrogen-bond acceptors (Lipinski definition) is 8. The number of H-pyrrole nitrogens is 1. The number of aromatic hydroxyl groups is 1. The molecule has 10 nitrogen and oxygen atoms in total. The molecule has 3 N–H and O–H groups in total. The molecule has 0 spiro atoms. The molecule has 0 radical (unpaired) electrons. The van der Waals surface area contributed by atoms with Crippen LogP contribution in [0.2, 0.25) is 5.02 Å². The van der Waals surface area contributed by atoms with Gasteiger partial charge >= 0.3 is 4.87 Å². The Balaban J connectivity index is 1.03. The second-order valence-corrected chi connectivity index (χ2v) is 13.8. The molecule has 0 aliphatic heterocycles. The minimum absolute atomic E-state index is 0.0876. The van der Waals surface area contributed by atoms with Crippen LogP contribution in [0.25, 0.3) is 11.0 Å². The summed E-state index contributed by atoms with van der Waals surface area (Å²) in [5, 5.41) is 10.3. The van der Waals surface area contributed by atoms with Crippen LogP contribution < -0.4 is 19.1 Å². The second kappa shape index (κ2) is 13.4. The van der Waals surface area contributed by atoms with Crippen LogP contribution in [0.1, 0.15) is 21.8 Å². The van der Waals surface area contributed by atoms with Gasteiger partial charge in [0.2, 0.25) is 15.9 Å². The lowest BCUT2D eigenvalue weighted by atomic mass is 10.1. The lowest BCUT2D eigenvalue weighted by Gasteiger charge is -2.09. The molecular formula is C33H29ClN4O6S2. The maximum absolute atomic E-state index is 12.5. The van der Waals surface area contributed by atoms with Gasteiger partial charge in [0.25, 0.3) is 0 Å². The number of rotatable bonds is 12. The number of fused-ring (bicyclic) bond motifs is 1. The van der Waals surface area contributed by atoms with Crippen molar-refractivity contribution in [3.63, 3.8) is 0 Å². The third-order valence-electron chi connectivity index (χ3n) is 7.29. The molecule has 0 saturated heterocycles. The maximum atomic E-state index is 12.5. The van der Waals surface area contributed by atoms with E-state index in [0.717, 1.165) is 39.3 Å². The molecule has 13 heteroatoms. The van der Waals surface area contributed by atoms with E-state index in [4.69, 9.17) is 26.1 Å². The third kappa shape index (κ3) is 7.43. The Bertz CT molecular complexity index is 2140. The van der Waals surface area contributed by atoms with E-state index in [2.05, 4.69) is 9.71 Å². The number of aryl methyl sites for hydroxylation is 1. The molecule has 6 rings (SSSR count). The molecule has 4 aromatic carbocycles. The second-order valence-electron chi connectivity index (χ2n) is 10.5. The van der Waals surface area contributed by atoms with Crippen molar-refractivity contribution in [1.29, 1.82) is 0 Å². The molecule has 0 aliphatic rings. The van der Waals surface area contributed by atoms with Crippen LogP contribution in [0.3, 0.4) is 0 Å². The molecular weight excluding hydrogens is 648 g/mol. The van der Waals surface area contributed by atoms with E-state index in [-0.39, 0.29) is 28.8 Å². The summed E-state index contributed by atoms with van der Waals surface area (Å²) in [5.74, 6) is 2.64. The van der Waals surface area contributed by atoms with Crippen LogP contribution in [0.15, 0.2) is 101 Å². The highest BCUT2D eigenvalue weighted by molar-refractivity contribution is 7.89. The standard InChI is InChI=1S/C33H29ClN4O6S2/c1-38-29-19-26(44-25-10-2-21(3-11-25)16-17-35-46(41,42)27-13-6-23(34)7-14-27)12-15-28(29)36-31(38)20-43-24-8-4-22(5-9-24)18-30-32(39)37-33(40)45-30/h2-15,19,35,39H,16-18,20H2,1H3,(H,37,40). The number of benzene rings is 4. The highest BCUT2D eigenvalue weighted by Gasteiger charge is 2.14. The number of ether oxygens (including phenoxy) is 2. The third-order valence-corrected chi connectivity index (χ3v) is 9.89. The number of hydrogen-bond donors (Lipinski definition) is 3. The van der Waals surface area contributed by atoms with Crippen molar-refractivity contribution in [2.75, 3.05) is 6.54 Å². The molecule has 0 saturated carbocycles. The van der Waals surface area contributed by atoms with Gasteiger partial charge < -0.3 is 19.1 Å². The first-order chi connectivity index (χ1) is 22.1. The van der Waals surface area contributed by atoms with Crippen molar-refractivity contribution in [3.8, 4) is 23.1 Å². The van der Waals surface area contributed by atoms with Gasteiger partial charge in [-0.1, -0.05) is 47.2 Å². The lowest BCUT2D eigenvalue weighted by Crippen LogP contribution is -2.25. The first-order valence-electron chi connectivity index (χ1n) is 14.2. The van der Waals surface area contributed by atoms with E-state index in [1.165, 1.54) is 12.1 Å². The molecule has 0 fully saturated rings. The van der Waals surface area contributed by atoms with Crippen molar-refractivity contribution in [2.45, 2.75) is 24.3 Å². The van der Waals surface area contributed by atoms with Crippen LogP contribution >= 0.6 is 22.9 Å². The number of halogens is 1. The van der Waals surface area contributed by atoms with Crippen LogP contribution in [-0.2, 0) is 36.5 Å². The summed E-state index contributed by atoms with van der Waals surface area (Å²) in [6.45, 7) is 0.516. The van der Waals surface area contributed by atoms with Crippen molar-refractivity contribution in [1.82, 2.24) is 19.3 Å². The summed E-state index contributed by atoms with van der Waals surface area (Å²) in [5.41, 5.74) is 3.61. The van der Waals surface area contributed by atoms with Gasteiger partial charge in [0.05, 0.1) is 20.8 Å². The van der Waals surface area contributed by atoms with Crippen LogP contribution in [0.5, 0.6) is 23.1 Å². The zero-order valence-corrected chi connectivity index (χ0v) is 27.0. The minimum Gasteiger partial charge on any atom is -0.494 e. The van der Waals surface area contributed by atoms with E-state index in [1.807, 2.05) is 78.3 Å². The lowest BCUT2D eigenvalue weighted by molar-refractivity contribution is 0.292. The van der Waals surface area contributed by atoms with E-state index < -0.39 is 10.0 Å². The van der Waals surface area contributed by atoms with Crippen molar-refractivity contribution >= 4 is 44.0 Å². The van der Waals surface area contributed by atoms with Crippen LogP contribution in [-0.4, -0.2) is 34.6 Å². The Morgan fingerprint density at radius 1 is 0.935 bits per heavy atom. The molecule has 0 atom stereocenters. The molecule has 0 unspecified atom stereocenters. The monoisotopic (exact) mass is 676 g/mol. The Hall–Kier alpha value is -4.62. The topological polar surface area (TPSA) is 136 Å². The van der Waals surface area contributed by atoms with Crippen LogP contribution in [0, 0.1) is 0 Å². The van der Waals surface area contributed by atoms with Gasteiger partial charge in [0, 0.05) is 31.1 Å². The summed E-state index contributed by atoms with van der Waals surface area (Å²) in [7, 11) is -1.69. The first kappa shape index (κ1) is 31.4. The highest BCUT2D eigenvalue weighted by atomic mass is 35.5. The molecule has 2 aromatic heterocycles. The summed E-state index contributed by atoms with van der Waals surface area (Å²) in [4.78, 5) is 19.0. The van der Waals surface area contributed by atoms with Crippen LogP contribution in [0.4, 0.5) is 0 Å². The fourth-order valence-corrected chi connectivity index (χ4v) is 6.72. The highest BCUT2D eigenvalue weighted by Crippen LogP contribution is 2.27. The molecule has 2 heterocycles. The zero-order valence-electron chi connectivity index (χ0n) is 24.6. The Morgan fingerprint density at radius 2 is 1.61 bits per heavy atom. The van der Waals surface area contributed by atoms with Gasteiger partial charge in [-0.2, -0.15) is 0 Å². The Labute approximate surface area is 273 Å². The number of nitrogens with zero attached hydrogens (tertiary/aromatic N) is 2. The maximum Gasteiger partial charge on any atom is 0.307 e. The predicted octanol–water partition coefficient (Wildman–Crippen LogP) is 6.17. The number of imidazole rings is 1. The quantitative estimate of drug-likeness (QED) is 0.141. The average Bonchev–Trinajstić information content (AvgIpc) is 3.53. The fourth-order valence-electron chi connectivity index (χ4n) is 4.81. The molecule has 0 bridgehead atoms. The molecule has 0 aliphatic carbocycles. The van der Waals surface area contributed by atoms with Crippen molar-refractivity contribution in [2.24, 2.45) is 7.05 Å². The minimum atomic E-state index is -3.61. The molecule has 6 aromatic rings. The van der Waals surface area contributed by atoms with Crippen molar-refractivity contribution in [3.05, 3.63) is 128 Å². The van der Waals surface area contributed by atoms with E-state index in [1.54, 1.807) is 12.1 Å². The normalized spacial score (nSPS) is 11.6. The van der Waals surface area contributed by atoms with Gasteiger partial charge in [0.15, 0.2) is 0 Å². The summed E-state index contributed by atoms with van der Waals surface area (Å²) in [6.07, 6.45) is 0.968. The van der Waals surface area contributed by atoms with Gasteiger partial charge in [-0.05, 0) is 78.2 Å². The smallest absolute Gasteiger partial charge is 0.307 e. The average molecular weight is 677 g/mol. The van der Waals surface area contributed by atoms with Crippen molar-refractivity contribution < 1.29 is 23.0 Å². The SMILES string of the molecule is Cn1c(COc2ccc(Cc3sc(=O)[nH]c3O)cc2)nc2ccc(Oc3ccc(CCNS(=O)(=O)c4ccc(Cl)cc4)cc3)cc21. The van der Waals surface area contributed by atoms with Gasteiger partial charge in [-0.25, -0.2) is 18.1 Å². The summed E-state index contributed by atoms with van der Waals surface area (Å²) < 4.78 is 41.6. The number of sulfonamides is 1. The largest absolute Gasteiger partial charge is 0.494 e. The Morgan fingerprint density at radius 3 is 2.30 bits per heavy atom. The van der Waals surface area contributed by atoms with Gasteiger partial charge in [-0.3, -0.25) is 9.78 Å². The number of aromatic amines is 1. The summed E-state index contributed by atoms with van der Waals surface area (Å²) in [6, 6.07) is 26.7. The van der Waals surface area contributed by atoms with E-state index >= 15 is 0 Å². The number of thiazole rings is 1. The van der Waals surface area contributed by atoms with E-state index in [9.17, 15) is 18.3 Å². The van der Waals surface area contributed by atoms with Gasteiger partial charge in [-0.15, -0.1) is 0 Å².